The lowest BCUT2D eigenvalue weighted by Crippen LogP contribution is -1.99. The van der Waals surface area contributed by atoms with E-state index in [-0.39, 0.29) is 0 Å². The first-order valence-electron chi connectivity index (χ1n) is 8.60. The Kier molecular flexibility index (Phi) is 16.1. The summed E-state index contributed by atoms with van der Waals surface area (Å²) in [5.74, 6) is 1.12. The third kappa shape index (κ3) is 13.6. The van der Waals surface area contributed by atoms with Crippen LogP contribution in [0, 0.1) is 12.8 Å². The molecule has 0 heterocycles. The van der Waals surface area contributed by atoms with Crippen LogP contribution in [0.25, 0.3) is 0 Å². The molecular weight excluding hydrogens is 256 g/mol. The predicted octanol–water partition coefficient (Wildman–Crippen LogP) is 6.38. The molecule has 1 rings (SSSR count). The Bertz CT molecular complexity index is 355. The Balaban J connectivity index is 0. The van der Waals surface area contributed by atoms with Crippen molar-refractivity contribution in [3.63, 3.8) is 0 Å². The lowest BCUT2D eigenvalue weighted by atomic mass is 10.0. The minimum atomic E-state index is 0.403. The van der Waals surface area contributed by atoms with E-state index in [0.29, 0.717) is 12.2 Å². The molecule has 0 fully saturated rings. The van der Waals surface area contributed by atoms with E-state index >= 15 is 0 Å². The molecule has 1 atom stereocenters. The van der Waals surface area contributed by atoms with Gasteiger partial charge in [-0.05, 0) is 31.2 Å². The second kappa shape index (κ2) is 15.3. The van der Waals surface area contributed by atoms with Crippen LogP contribution in [0.3, 0.4) is 0 Å². The molecule has 0 saturated heterocycles. The summed E-state index contributed by atoms with van der Waals surface area (Å²) in [7, 11) is 0. The Morgan fingerprint density at radius 3 is 2.14 bits per heavy atom. The van der Waals surface area contributed by atoms with Gasteiger partial charge in [-0.1, -0.05) is 77.8 Å². The molecule has 0 radical (unpaired) electrons. The van der Waals surface area contributed by atoms with E-state index in [9.17, 15) is 4.79 Å². The summed E-state index contributed by atoms with van der Waals surface area (Å²) < 4.78 is 0. The monoisotopic (exact) mass is 292 g/mol. The molecule has 1 aromatic rings. The van der Waals surface area contributed by atoms with Crippen molar-refractivity contribution in [2.45, 2.75) is 80.6 Å². The van der Waals surface area contributed by atoms with E-state index in [1.54, 1.807) is 0 Å². The molecule has 21 heavy (non-hydrogen) atoms. The zero-order valence-corrected chi connectivity index (χ0v) is 15.3. The molecule has 122 valence electrons. The van der Waals surface area contributed by atoms with E-state index < -0.39 is 0 Å². The van der Waals surface area contributed by atoms with E-state index in [0.717, 1.165) is 25.2 Å². The van der Waals surface area contributed by atoms with E-state index in [1.165, 1.54) is 17.5 Å². The van der Waals surface area contributed by atoms with E-state index in [1.807, 2.05) is 20.8 Å². The van der Waals surface area contributed by atoms with Gasteiger partial charge in [-0.3, -0.25) is 4.79 Å². The summed E-state index contributed by atoms with van der Waals surface area (Å²) in [6, 6.07) is 8.61. The zero-order valence-electron chi connectivity index (χ0n) is 15.3. The highest BCUT2D eigenvalue weighted by atomic mass is 16.1. The molecular formula is C20H36O. The third-order valence-corrected chi connectivity index (χ3v) is 3.50. The molecule has 1 heteroatoms. The lowest BCUT2D eigenvalue weighted by Gasteiger charge is -2.05. The molecule has 0 amide bonds. The van der Waals surface area contributed by atoms with Crippen LogP contribution in [0.5, 0.6) is 0 Å². The number of carbonyl (C=O) groups is 1. The van der Waals surface area contributed by atoms with Gasteiger partial charge in [-0.25, -0.2) is 0 Å². The van der Waals surface area contributed by atoms with Gasteiger partial charge >= 0.3 is 0 Å². The van der Waals surface area contributed by atoms with E-state index in [2.05, 4.69) is 52.0 Å². The zero-order chi connectivity index (χ0) is 16.7. The highest BCUT2D eigenvalue weighted by Gasteiger charge is 2.02. The first-order chi connectivity index (χ1) is 10.0. The van der Waals surface area contributed by atoms with Crippen molar-refractivity contribution in [2.75, 3.05) is 0 Å². The SMILES string of the molecule is CC.CCC(=O)CCC(C)CC.CCc1cccc(C)c1. The van der Waals surface area contributed by atoms with Crippen LogP contribution in [-0.4, -0.2) is 5.78 Å². The van der Waals surface area contributed by atoms with Crippen molar-refractivity contribution in [1.82, 2.24) is 0 Å². The molecule has 0 aliphatic carbocycles. The van der Waals surface area contributed by atoms with Crippen molar-refractivity contribution in [1.29, 1.82) is 0 Å². The van der Waals surface area contributed by atoms with Crippen molar-refractivity contribution >= 4 is 5.78 Å². The molecule has 0 bridgehead atoms. The summed E-state index contributed by atoms with van der Waals surface area (Å²) in [5, 5.41) is 0. The smallest absolute Gasteiger partial charge is 0.132 e. The minimum absolute atomic E-state index is 0.403. The fraction of sp³-hybridized carbons (Fsp3) is 0.650. The van der Waals surface area contributed by atoms with Gasteiger partial charge < -0.3 is 0 Å². The van der Waals surface area contributed by atoms with E-state index in [4.69, 9.17) is 0 Å². The average Bonchev–Trinajstić information content (AvgIpc) is 2.54. The highest BCUT2D eigenvalue weighted by Crippen LogP contribution is 2.09. The van der Waals surface area contributed by atoms with Crippen molar-refractivity contribution < 1.29 is 4.79 Å². The summed E-state index contributed by atoms with van der Waals surface area (Å²) in [5.41, 5.74) is 2.78. The Hall–Kier alpha value is -1.11. The number of Topliss-reactive ketones (excluding diaryl/α,β-unsaturated/α-hetero) is 1. The third-order valence-electron chi connectivity index (χ3n) is 3.50. The van der Waals surface area contributed by atoms with Crippen molar-refractivity contribution in [3.05, 3.63) is 35.4 Å². The van der Waals surface area contributed by atoms with Gasteiger partial charge in [0.25, 0.3) is 0 Å². The van der Waals surface area contributed by atoms with Crippen LogP contribution >= 0.6 is 0 Å². The summed E-state index contributed by atoms with van der Waals surface area (Å²) in [6.45, 7) is 14.6. The maximum absolute atomic E-state index is 10.8. The van der Waals surface area contributed by atoms with Gasteiger partial charge in [-0.15, -0.1) is 0 Å². The molecule has 0 saturated carbocycles. The maximum Gasteiger partial charge on any atom is 0.132 e. The first kappa shape index (κ1) is 22.2. The van der Waals surface area contributed by atoms with Crippen LogP contribution in [0.4, 0.5) is 0 Å². The normalized spacial score (nSPS) is 10.6. The summed E-state index contributed by atoms with van der Waals surface area (Å²) in [4.78, 5) is 10.8. The van der Waals surface area contributed by atoms with Gasteiger partial charge in [0, 0.05) is 12.8 Å². The molecule has 0 aromatic heterocycles. The second-order valence-corrected chi connectivity index (χ2v) is 5.29. The van der Waals surface area contributed by atoms with Gasteiger partial charge in [0.1, 0.15) is 5.78 Å². The summed E-state index contributed by atoms with van der Waals surface area (Å²) in [6.07, 6.45) is 4.89. The molecule has 1 aromatic carbocycles. The largest absolute Gasteiger partial charge is 0.300 e. The molecule has 0 aliphatic heterocycles. The van der Waals surface area contributed by atoms with Crippen molar-refractivity contribution in [3.8, 4) is 0 Å². The number of hydrogen-bond donors (Lipinski definition) is 0. The van der Waals surface area contributed by atoms with Gasteiger partial charge in [0.15, 0.2) is 0 Å². The van der Waals surface area contributed by atoms with Crippen LogP contribution < -0.4 is 0 Å². The first-order valence-corrected chi connectivity index (χ1v) is 8.60. The van der Waals surface area contributed by atoms with Crippen LogP contribution in [0.1, 0.15) is 78.4 Å². The van der Waals surface area contributed by atoms with Crippen LogP contribution in [0.2, 0.25) is 0 Å². The molecule has 0 N–H and O–H groups in total. The number of ketones is 1. The Morgan fingerprint density at radius 1 is 1.14 bits per heavy atom. The fourth-order valence-corrected chi connectivity index (χ4v) is 1.72. The second-order valence-electron chi connectivity index (χ2n) is 5.29. The highest BCUT2D eigenvalue weighted by molar-refractivity contribution is 5.77. The minimum Gasteiger partial charge on any atom is -0.300 e. The van der Waals surface area contributed by atoms with Gasteiger partial charge in [0.05, 0.1) is 0 Å². The summed E-state index contributed by atoms with van der Waals surface area (Å²) >= 11 is 0. The van der Waals surface area contributed by atoms with Crippen molar-refractivity contribution in [2.24, 2.45) is 5.92 Å². The standard InChI is InChI=1S/C9H18O.C9H12.C2H6/c1-4-8(3)6-7-9(10)5-2;1-3-9-6-4-5-8(2)7-9;1-2/h8H,4-7H2,1-3H3;4-7H,3H2,1-2H3;1-2H3. The van der Waals surface area contributed by atoms with Gasteiger partial charge in [0.2, 0.25) is 0 Å². The number of rotatable bonds is 6. The topological polar surface area (TPSA) is 17.1 Å². The predicted molar refractivity (Wildman–Crippen MR) is 95.9 cm³/mol. The number of benzene rings is 1. The quantitative estimate of drug-likeness (QED) is 0.595. The Morgan fingerprint density at radius 2 is 1.76 bits per heavy atom. The number of carbonyl (C=O) groups excluding carboxylic acids is 1. The average molecular weight is 293 g/mol. The van der Waals surface area contributed by atoms with Crippen LogP contribution in [-0.2, 0) is 11.2 Å². The maximum atomic E-state index is 10.8. The molecule has 0 aliphatic rings. The number of hydrogen-bond acceptors (Lipinski definition) is 1. The fourth-order valence-electron chi connectivity index (χ4n) is 1.72. The van der Waals surface area contributed by atoms with Crippen LogP contribution in [0.15, 0.2) is 24.3 Å². The lowest BCUT2D eigenvalue weighted by molar-refractivity contribution is -0.119. The van der Waals surface area contributed by atoms with Gasteiger partial charge in [-0.2, -0.15) is 0 Å². The molecule has 1 nitrogen and oxygen atoms in total. The Labute approximate surface area is 133 Å². The molecule has 0 spiro atoms. The molecule has 1 unspecified atom stereocenters. The number of aryl methyl sites for hydroxylation is 2.